The molecule has 2 N–H and O–H groups in total. The fraction of sp³-hybridized carbons (Fsp3) is 0.320. The zero-order chi connectivity index (χ0) is 23.9. The Labute approximate surface area is 194 Å². The molecule has 1 aliphatic heterocycles. The van der Waals surface area contributed by atoms with Crippen LogP contribution in [0.15, 0.2) is 47.4 Å². The Morgan fingerprint density at radius 2 is 1.79 bits per heavy atom. The Hall–Kier alpha value is -3.26. The minimum Gasteiger partial charge on any atom is -0.496 e. The summed E-state index contributed by atoms with van der Waals surface area (Å²) in [5.74, 6) is -0.657. The van der Waals surface area contributed by atoms with Gasteiger partial charge in [-0.25, -0.2) is 8.42 Å². The van der Waals surface area contributed by atoms with Crippen LogP contribution in [0.5, 0.6) is 5.75 Å². The Morgan fingerprint density at radius 1 is 1.09 bits per heavy atom. The maximum Gasteiger partial charge on any atom is 0.308 e. The molecule has 1 atom stereocenters. The van der Waals surface area contributed by atoms with Crippen LogP contribution in [0.25, 0.3) is 10.8 Å². The van der Waals surface area contributed by atoms with E-state index in [0.717, 1.165) is 22.0 Å². The maximum atomic E-state index is 13.5. The molecule has 33 heavy (non-hydrogen) atoms. The van der Waals surface area contributed by atoms with E-state index in [1.165, 1.54) is 7.11 Å². The first-order chi connectivity index (χ1) is 15.6. The first-order valence-electron chi connectivity index (χ1n) is 10.8. The molecule has 0 bridgehead atoms. The van der Waals surface area contributed by atoms with E-state index in [2.05, 4.69) is 9.62 Å². The predicted molar refractivity (Wildman–Crippen MR) is 130 cm³/mol. The summed E-state index contributed by atoms with van der Waals surface area (Å²) in [4.78, 5) is 13.7. The van der Waals surface area contributed by atoms with Crippen molar-refractivity contribution in [3.63, 3.8) is 0 Å². The molecule has 7 nitrogen and oxygen atoms in total. The van der Waals surface area contributed by atoms with Gasteiger partial charge in [0.05, 0.1) is 23.6 Å². The summed E-state index contributed by atoms with van der Waals surface area (Å²) in [6.45, 7) is 6.48. The van der Waals surface area contributed by atoms with Crippen LogP contribution in [-0.4, -0.2) is 39.7 Å². The SMILES string of the molecule is COc1cc(C)c(C)c(S(=O)(=O)Nc2ccc(N3CC[C@H](C(=O)O)C3)c3ccccc23)c1C. The standard InChI is InChI=1S/C25H28N2O5S/c1-15-13-23(32-4)17(3)24(16(15)2)33(30,31)26-21-9-10-22(20-8-6-5-7-19(20)21)27-12-11-18(14-27)25(28)29/h5-10,13,18,26H,11-12,14H2,1-4H3,(H,28,29)/t18-/m0/s1. The third-order valence-corrected chi connectivity index (χ3v) is 8.14. The highest BCUT2D eigenvalue weighted by Crippen LogP contribution is 2.37. The monoisotopic (exact) mass is 468 g/mol. The highest BCUT2D eigenvalue weighted by Gasteiger charge is 2.29. The second-order valence-electron chi connectivity index (χ2n) is 8.53. The molecule has 1 fully saturated rings. The third kappa shape index (κ3) is 4.11. The van der Waals surface area contributed by atoms with Crippen molar-refractivity contribution in [2.24, 2.45) is 5.92 Å². The summed E-state index contributed by atoms with van der Waals surface area (Å²) in [6, 6.07) is 13.0. The van der Waals surface area contributed by atoms with Gasteiger partial charge >= 0.3 is 5.97 Å². The molecule has 1 aliphatic rings. The molecule has 1 saturated heterocycles. The number of rotatable bonds is 6. The normalized spacial score (nSPS) is 16.2. The number of carboxylic acid groups (broad SMARTS) is 1. The molecule has 8 heteroatoms. The first kappa shape index (κ1) is 22.9. The number of benzene rings is 3. The van der Waals surface area contributed by atoms with E-state index >= 15 is 0 Å². The van der Waals surface area contributed by atoms with Crippen LogP contribution in [0.2, 0.25) is 0 Å². The summed E-state index contributed by atoms with van der Waals surface area (Å²) in [7, 11) is -2.37. The van der Waals surface area contributed by atoms with Crippen molar-refractivity contribution in [3.8, 4) is 5.75 Å². The number of fused-ring (bicyclic) bond motifs is 1. The largest absolute Gasteiger partial charge is 0.496 e. The van der Waals surface area contributed by atoms with Crippen LogP contribution in [0.3, 0.4) is 0 Å². The summed E-state index contributed by atoms with van der Waals surface area (Å²) in [5.41, 5.74) is 3.45. The van der Waals surface area contributed by atoms with Crippen molar-refractivity contribution in [1.82, 2.24) is 0 Å². The van der Waals surface area contributed by atoms with Crippen molar-refractivity contribution in [1.29, 1.82) is 0 Å². The lowest BCUT2D eigenvalue weighted by atomic mass is 10.1. The van der Waals surface area contributed by atoms with E-state index in [9.17, 15) is 18.3 Å². The van der Waals surface area contributed by atoms with E-state index in [4.69, 9.17) is 4.74 Å². The van der Waals surface area contributed by atoms with E-state index in [-0.39, 0.29) is 4.90 Å². The van der Waals surface area contributed by atoms with Gasteiger partial charge in [0.1, 0.15) is 5.75 Å². The Bertz CT molecular complexity index is 1350. The number of carbonyl (C=O) groups is 1. The third-order valence-electron chi connectivity index (χ3n) is 6.50. The number of sulfonamides is 1. The molecule has 174 valence electrons. The first-order valence-corrected chi connectivity index (χ1v) is 12.3. The number of ether oxygens (including phenoxy) is 1. The fourth-order valence-corrected chi connectivity index (χ4v) is 6.26. The summed E-state index contributed by atoms with van der Waals surface area (Å²) >= 11 is 0. The average Bonchev–Trinajstić information content (AvgIpc) is 3.26. The number of aryl methyl sites for hydroxylation is 1. The van der Waals surface area contributed by atoms with Crippen LogP contribution < -0.4 is 14.4 Å². The molecule has 0 amide bonds. The molecular formula is C25H28N2O5S. The fourth-order valence-electron chi connectivity index (χ4n) is 4.62. The number of methoxy groups -OCH3 is 1. The van der Waals surface area contributed by atoms with E-state index in [0.29, 0.717) is 42.1 Å². The Kier molecular flexibility index (Phi) is 5.97. The van der Waals surface area contributed by atoms with E-state index in [1.54, 1.807) is 19.9 Å². The van der Waals surface area contributed by atoms with Gasteiger partial charge in [-0.3, -0.25) is 9.52 Å². The molecule has 3 aromatic rings. The molecule has 3 aromatic carbocycles. The van der Waals surface area contributed by atoms with Crippen molar-refractivity contribution in [2.75, 3.05) is 29.8 Å². The van der Waals surface area contributed by atoms with Gasteiger partial charge in [-0.1, -0.05) is 24.3 Å². The summed E-state index contributed by atoms with van der Waals surface area (Å²) in [5, 5.41) is 11.0. The second kappa shape index (κ2) is 8.59. The molecule has 0 aliphatic carbocycles. The Balaban J connectivity index is 1.77. The van der Waals surface area contributed by atoms with Crippen LogP contribution in [0.1, 0.15) is 23.1 Å². The summed E-state index contributed by atoms with van der Waals surface area (Å²) in [6.07, 6.45) is 0.589. The molecule has 0 unspecified atom stereocenters. The summed E-state index contributed by atoms with van der Waals surface area (Å²) < 4.78 is 35.2. The predicted octanol–water partition coefficient (Wildman–Crippen LogP) is 4.49. The van der Waals surface area contributed by atoms with Gasteiger partial charge in [0.2, 0.25) is 0 Å². The molecule has 1 heterocycles. The van der Waals surface area contributed by atoms with Gasteiger partial charge in [-0.05, 0) is 56.5 Å². The number of carboxylic acids is 1. The van der Waals surface area contributed by atoms with Gasteiger partial charge in [-0.15, -0.1) is 0 Å². The highest BCUT2D eigenvalue weighted by molar-refractivity contribution is 7.92. The molecule has 0 radical (unpaired) electrons. The number of anilines is 2. The number of nitrogens with one attached hydrogen (secondary N) is 1. The maximum absolute atomic E-state index is 13.5. The van der Waals surface area contributed by atoms with Crippen LogP contribution in [-0.2, 0) is 14.8 Å². The topological polar surface area (TPSA) is 95.9 Å². The van der Waals surface area contributed by atoms with Gasteiger partial charge < -0.3 is 14.7 Å². The van der Waals surface area contributed by atoms with Crippen LogP contribution in [0, 0.1) is 26.7 Å². The number of hydrogen-bond acceptors (Lipinski definition) is 5. The minimum atomic E-state index is -3.89. The average molecular weight is 469 g/mol. The Morgan fingerprint density at radius 3 is 2.42 bits per heavy atom. The zero-order valence-corrected chi connectivity index (χ0v) is 20.0. The van der Waals surface area contributed by atoms with E-state index < -0.39 is 21.9 Å². The van der Waals surface area contributed by atoms with Gasteiger partial charge in [0.15, 0.2) is 0 Å². The lowest BCUT2D eigenvalue weighted by Crippen LogP contribution is -2.23. The smallest absolute Gasteiger partial charge is 0.308 e. The number of aliphatic carboxylic acids is 1. The van der Waals surface area contributed by atoms with Crippen molar-refractivity contribution >= 4 is 38.1 Å². The molecule has 0 spiro atoms. The molecule has 0 saturated carbocycles. The van der Waals surface area contributed by atoms with Crippen molar-refractivity contribution in [2.45, 2.75) is 32.1 Å². The number of hydrogen-bond donors (Lipinski definition) is 2. The number of nitrogens with zero attached hydrogens (tertiary/aromatic N) is 1. The lowest BCUT2D eigenvalue weighted by Gasteiger charge is -2.22. The molecular weight excluding hydrogens is 440 g/mol. The quantitative estimate of drug-likeness (QED) is 0.554. The van der Waals surface area contributed by atoms with Crippen LogP contribution in [0.4, 0.5) is 11.4 Å². The van der Waals surface area contributed by atoms with Gasteiger partial charge in [0.25, 0.3) is 10.0 Å². The van der Waals surface area contributed by atoms with E-state index in [1.807, 2.05) is 43.3 Å². The van der Waals surface area contributed by atoms with Gasteiger partial charge in [-0.2, -0.15) is 0 Å². The lowest BCUT2D eigenvalue weighted by molar-refractivity contribution is -0.140. The van der Waals surface area contributed by atoms with Gasteiger partial charge in [0, 0.05) is 35.1 Å². The minimum absolute atomic E-state index is 0.219. The van der Waals surface area contributed by atoms with Crippen LogP contribution >= 0.6 is 0 Å². The molecule has 0 aromatic heterocycles. The second-order valence-corrected chi connectivity index (χ2v) is 10.1. The van der Waals surface area contributed by atoms with Crippen molar-refractivity contribution in [3.05, 3.63) is 59.2 Å². The molecule has 4 rings (SSSR count). The highest BCUT2D eigenvalue weighted by atomic mass is 32.2. The van der Waals surface area contributed by atoms with Crippen molar-refractivity contribution < 1.29 is 23.1 Å². The zero-order valence-electron chi connectivity index (χ0n) is 19.2.